The lowest BCUT2D eigenvalue weighted by atomic mass is 10.2. The highest BCUT2D eigenvalue weighted by Gasteiger charge is 2.20. The van der Waals surface area contributed by atoms with Crippen molar-refractivity contribution in [3.8, 4) is 17.6 Å². The van der Waals surface area contributed by atoms with Crippen molar-refractivity contribution in [3.63, 3.8) is 0 Å². The van der Waals surface area contributed by atoms with E-state index in [0.717, 1.165) is 12.1 Å². The first-order valence-corrected chi connectivity index (χ1v) is 7.16. The van der Waals surface area contributed by atoms with E-state index in [2.05, 4.69) is 0 Å². The van der Waals surface area contributed by atoms with Gasteiger partial charge in [0.05, 0.1) is 12.7 Å². The minimum Gasteiger partial charge on any atom is -0.494 e. The molecule has 108 valence electrons. The van der Waals surface area contributed by atoms with Gasteiger partial charge in [-0.3, -0.25) is 0 Å². The van der Waals surface area contributed by atoms with Crippen molar-refractivity contribution >= 4 is 10.1 Å². The van der Waals surface area contributed by atoms with Gasteiger partial charge in [-0.15, -0.1) is 0 Å². The van der Waals surface area contributed by atoms with Gasteiger partial charge in [0, 0.05) is 0 Å². The van der Waals surface area contributed by atoms with Crippen molar-refractivity contribution < 1.29 is 21.7 Å². The first-order valence-electron chi connectivity index (χ1n) is 5.75. The lowest BCUT2D eigenvalue weighted by Gasteiger charge is -2.09. The van der Waals surface area contributed by atoms with Crippen LogP contribution in [0.1, 0.15) is 5.56 Å². The molecule has 0 aromatic heterocycles. The van der Waals surface area contributed by atoms with Crippen LogP contribution >= 0.6 is 0 Å². The van der Waals surface area contributed by atoms with Gasteiger partial charge in [0.1, 0.15) is 11.0 Å². The predicted molar refractivity (Wildman–Crippen MR) is 71.9 cm³/mol. The van der Waals surface area contributed by atoms with Gasteiger partial charge in [-0.25, -0.2) is 4.39 Å². The molecule has 0 radical (unpaired) electrons. The molecule has 2 rings (SSSR count). The van der Waals surface area contributed by atoms with E-state index in [9.17, 15) is 12.8 Å². The molecule has 0 fully saturated rings. The normalized spacial score (nSPS) is 10.7. The topological polar surface area (TPSA) is 76.4 Å². The smallest absolute Gasteiger partial charge is 0.339 e. The fraction of sp³-hybridized carbons (Fsp3) is 0.0714. The van der Waals surface area contributed by atoms with E-state index < -0.39 is 15.9 Å². The fourth-order valence-corrected chi connectivity index (χ4v) is 2.56. The summed E-state index contributed by atoms with van der Waals surface area (Å²) in [5.41, 5.74) is 0.0649. The van der Waals surface area contributed by atoms with Gasteiger partial charge < -0.3 is 8.92 Å². The van der Waals surface area contributed by atoms with Crippen LogP contribution in [0.15, 0.2) is 47.4 Å². The summed E-state index contributed by atoms with van der Waals surface area (Å²) in [6.45, 7) is 0. The lowest BCUT2D eigenvalue weighted by molar-refractivity contribution is 0.385. The van der Waals surface area contributed by atoms with Crippen LogP contribution < -0.4 is 8.92 Å². The first kappa shape index (κ1) is 14.8. The number of benzene rings is 2. The maximum Gasteiger partial charge on any atom is 0.339 e. The molecule has 2 aromatic rings. The molecule has 0 saturated heterocycles. The summed E-state index contributed by atoms with van der Waals surface area (Å²) in [6.07, 6.45) is 0. The lowest BCUT2D eigenvalue weighted by Crippen LogP contribution is -2.11. The molecule has 0 heterocycles. The van der Waals surface area contributed by atoms with E-state index in [4.69, 9.17) is 14.2 Å². The summed E-state index contributed by atoms with van der Waals surface area (Å²) in [5.74, 6) is -1.02. The van der Waals surface area contributed by atoms with E-state index >= 15 is 0 Å². The molecule has 0 aliphatic rings. The summed E-state index contributed by atoms with van der Waals surface area (Å²) in [5, 5.41) is 8.90. The number of hydrogen-bond acceptors (Lipinski definition) is 5. The zero-order valence-electron chi connectivity index (χ0n) is 10.9. The number of ether oxygens (including phenoxy) is 1. The van der Waals surface area contributed by atoms with Crippen LogP contribution in [0.25, 0.3) is 0 Å². The SMILES string of the molecule is COc1ccc(S(=O)(=O)Oc2ccccc2C#N)cc1F. The molecule has 0 aliphatic carbocycles. The summed E-state index contributed by atoms with van der Waals surface area (Å²) in [7, 11) is -2.97. The quantitative estimate of drug-likeness (QED) is 0.811. The zero-order valence-corrected chi connectivity index (χ0v) is 11.7. The maximum absolute atomic E-state index is 13.6. The molecule has 0 bridgehead atoms. The van der Waals surface area contributed by atoms with Crippen LogP contribution in [0, 0.1) is 17.1 Å². The van der Waals surface area contributed by atoms with Gasteiger partial charge in [-0.05, 0) is 30.3 Å². The summed E-state index contributed by atoms with van der Waals surface area (Å²) in [4.78, 5) is -0.367. The first-order chi connectivity index (χ1) is 9.97. The number of nitriles is 1. The van der Waals surface area contributed by atoms with Gasteiger partial charge in [0.15, 0.2) is 17.3 Å². The molecule has 2 aromatic carbocycles. The molecule has 21 heavy (non-hydrogen) atoms. The number of hydrogen-bond donors (Lipinski definition) is 0. The highest BCUT2D eigenvalue weighted by atomic mass is 32.2. The van der Waals surface area contributed by atoms with Gasteiger partial charge in [0.2, 0.25) is 0 Å². The van der Waals surface area contributed by atoms with Gasteiger partial charge in [-0.2, -0.15) is 13.7 Å². The molecule has 0 N–H and O–H groups in total. The van der Waals surface area contributed by atoms with Gasteiger partial charge in [0.25, 0.3) is 0 Å². The van der Waals surface area contributed by atoms with Gasteiger partial charge in [-0.1, -0.05) is 12.1 Å². The van der Waals surface area contributed by atoms with Crippen LogP contribution in [0.4, 0.5) is 4.39 Å². The standard InChI is InChI=1S/C14H10FNO4S/c1-19-14-7-6-11(8-12(14)15)21(17,18)20-13-5-3-2-4-10(13)9-16/h2-8H,1H3. The van der Waals surface area contributed by atoms with E-state index in [1.165, 1.54) is 31.4 Å². The van der Waals surface area contributed by atoms with Crippen molar-refractivity contribution in [1.29, 1.82) is 5.26 Å². The van der Waals surface area contributed by atoms with E-state index in [0.29, 0.717) is 0 Å². The molecule has 5 nitrogen and oxygen atoms in total. The Balaban J connectivity index is 2.39. The molecule has 0 unspecified atom stereocenters. The Morgan fingerprint density at radius 1 is 1.14 bits per heavy atom. The summed E-state index contributed by atoms with van der Waals surface area (Å²) in [6, 6.07) is 10.8. The fourth-order valence-electron chi connectivity index (χ4n) is 1.60. The largest absolute Gasteiger partial charge is 0.494 e. The Kier molecular flexibility index (Phi) is 4.10. The Labute approximate surface area is 121 Å². The summed E-state index contributed by atoms with van der Waals surface area (Å²) >= 11 is 0. The molecule has 0 spiro atoms. The summed E-state index contributed by atoms with van der Waals surface area (Å²) < 4.78 is 47.3. The second-order valence-corrected chi connectivity index (χ2v) is 5.49. The van der Waals surface area contributed by atoms with Crippen molar-refractivity contribution in [2.75, 3.05) is 7.11 Å². The highest BCUT2D eigenvalue weighted by Crippen LogP contribution is 2.25. The molecular weight excluding hydrogens is 297 g/mol. The molecule has 0 aliphatic heterocycles. The Hall–Kier alpha value is -2.59. The van der Waals surface area contributed by atoms with E-state index in [1.54, 1.807) is 6.07 Å². The molecule has 7 heteroatoms. The number of para-hydroxylation sites is 1. The van der Waals surface area contributed by atoms with Crippen LogP contribution in [0.3, 0.4) is 0 Å². The van der Waals surface area contributed by atoms with Crippen molar-refractivity contribution in [2.24, 2.45) is 0 Å². The number of nitrogens with zero attached hydrogens (tertiary/aromatic N) is 1. The molecule has 0 atom stereocenters. The Bertz CT molecular complexity index is 812. The van der Waals surface area contributed by atoms with Crippen molar-refractivity contribution in [2.45, 2.75) is 4.90 Å². The Morgan fingerprint density at radius 3 is 2.48 bits per heavy atom. The van der Waals surface area contributed by atoms with Crippen molar-refractivity contribution in [3.05, 3.63) is 53.8 Å². The predicted octanol–water partition coefficient (Wildman–Crippen LogP) is 2.47. The number of methoxy groups -OCH3 is 1. The third-order valence-corrected chi connectivity index (χ3v) is 3.85. The van der Waals surface area contributed by atoms with Crippen LogP contribution in [0.5, 0.6) is 11.5 Å². The monoisotopic (exact) mass is 307 g/mol. The third-order valence-electron chi connectivity index (χ3n) is 2.62. The number of rotatable bonds is 4. The second kappa shape index (κ2) is 5.81. The average molecular weight is 307 g/mol. The molecule has 0 saturated carbocycles. The minimum atomic E-state index is -4.24. The van der Waals surface area contributed by atoms with Crippen LogP contribution in [-0.4, -0.2) is 15.5 Å². The minimum absolute atomic E-state index is 0.0649. The number of halogens is 1. The second-order valence-electron chi connectivity index (χ2n) is 3.94. The molecular formula is C14H10FNO4S. The van der Waals surface area contributed by atoms with E-state index in [1.807, 2.05) is 6.07 Å². The van der Waals surface area contributed by atoms with Crippen LogP contribution in [0.2, 0.25) is 0 Å². The van der Waals surface area contributed by atoms with Gasteiger partial charge >= 0.3 is 10.1 Å². The average Bonchev–Trinajstić information content (AvgIpc) is 2.47. The zero-order chi connectivity index (χ0) is 15.5. The Morgan fingerprint density at radius 2 is 1.86 bits per heavy atom. The molecule has 0 amide bonds. The van der Waals surface area contributed by atoms with Crippen LogP contribution in [-0.2, 0) is 10.1 Å². The van der Waals surface area contributed by atoms with E-state index in [-0.39, 0.29) is 22.0 Å². The highest BCUT2D eigenvalue weighted by molar-refractivity contribution is 7.87. The maximum atomic E-state index is 13.6. The van der Waals surface area contributed by atoms with Crippen molar-refractivity contribution in [1.82, 2.24) is 0 Å². The third kappa shape index (κ3) is 3.12.